The number of hydrogen-bond donors (Lipinski definition) is 1. The molecule has 1 unspecified atom stereocenters. The third-order valence-electron chi connectivity index (χ3n) is 5.87. The molecule has 1 atom stereocenters. The number of hydrogen-bond acceptors (Lipinski definition) is 5. The first-order chi connectivity index (χ1) is 14.3. The van der Waals surface area contributed by atoms with Crippen LogP contribution in [0.5, 0.6) is 5.75 Å². The Morgan fingerprint density at radius 3 is 2.66 bits per heavy atom. The summed E-state index contributed by atoms with van der Waals surface area (Å²) in [7, 11) is 3.52. The molecule has 0 saturated carbocycles. The van der Waals surface area contributed by atoms with Gasteiger partial charge >= 0.3 is 0 Å². The number of anilines is 1. The van der Waals surface area contributed by atoms with Gasteiger partial charge in [-0.05, 0) is 38.4 Å². The largest absolute Gasteiger partial charge is 0.495 e. The Kier molecular flexibility index (Phi) is 8.43. The Bertz CT molecular complexity index is 646. The lowest BCUT2D eigenvalue weighted by atomic mass is 10.2. The molecule has 7 nitrogen and oxygen atoms in total. The van der Waals surface area contributed by atoms with Crippen molar-refractivity contribution in [2.24, 2.45) is 4.99 Å². The number of guanidine groups is 1. The zero-order valence-corrected chi connectivity index (χ0v) is 18.3. The third-order valence-corrected chi connectivity index (χ3v) is 5.87. The second-order valence-electron chi connectivity index (χ2n) is 7.67. The van der Waals surface area contributed by atoms with Crippen LogP contribution in [0.25, 0.3) is 0 Å². The number of ether oxygens (including phenoxy) is 2. The number of nitrogens with one attached hydrogen (secondary N) is 1. The number of nitrogens with zero attached hydrogens (tertiary/aromatic N) is 4. The van der Waals surface area contributed by atoms with Crippen molar-refractivity contribution in [3.8, 4) is 5.75 Å². The fourth-order valence-corrected chi connectivity index (χ4v) is 4.27. The van der Waals surface area contributed by atoms with Gasteiger partial charge in [0.1, 0.15) is 5.75 Å². The minimum atomic E-state index is 0.536. The quantitative estimate of drug-likeness (QED) is 0.529. The van der Waals surface area contributed by atoms with Crippen LogP contribution in [0.2, 0.25) is 0 Å². The van der Waals surface area contributed by atoms with E-state index in [9.17, 15) is 0 Å². The summed E-state index contributed by atoms with van der Waals surface area (Å²) in [5.74, 6) is 1.99. The van der Waals surface area contributed by atoms with E-state index in [4.69, 9.17) is 14.5 Å². The normalized spacial score (nSPS) is 20.9. The van der Waals surface area contributed by atoms with Crippen molar-refractivity contribution >= 4 is 11.6 Å². The Morgan fingerprint density at radius 1 is 1.14 bits per heavy atom. The van der Waals surface area contributed by atoms with E-state index in [1.807, 2.05) is 12.1 Å². The van der Waals surface area contributed by atoms with Gasteiger partial charge in [0.15, 0.2) is 5.96 Å². The Hall–Kier alpha value is -1.99. The summed E-state index contributed by atoms with van der Waals surface area (Å²) in [5.41, 5.74) is 1.18. The van der Waals surface area contributed by atoms with Crippen LogP contribution in [0.3, 0.4) is 0 Å². The molecule has 3 rings (SSSR count). The van der Waals surface area contributed by atoms with Gasteiger partial charge in [0.05, 0.1) is 25.9 Å². The molecular weight excluding hydrogens is 366 g/mol. The van der Waals surface area contributed by atoms with Gasteiger partial charge in [0, 0.05) is 52.4 Å². The maximum absolute atomic E-state index is 5.54. The van der Waals surface area contributed by atoms with Crippen LogP contribution >= 0.6 is 0 Å². The lowest BCUT2D eigenvalue weighted by molar-refractivity contribution is 0.142. The van der Waals surface area contributed by atoms with Crippen LogP contribution in [0.1, 0.15) is 19.8 Å². The fourth-order valence-electron chi connectivity index (χ4n) is 4.27. The van der Waals surface area contributed by atoms with Gasteiger partial charge < -0.3 is 24.6 Å². The first-order valence-corrected chi connectivity index (χ1v) is 10.9. The summed E-state index contributed by atoms with van der Waals surface area (Å²) in [5, 5.41) is 3.50. The number of aliphatic imine (C=N–C) groups is 1. The van der Waals surface area contributed by atoms with Crippen molar-refractivity contribution in [2.75, 3.05) is 78.1 Å². The van der Waals surface area contributed by atoms with Gasteiger partial charge in [-0.25, -0.2) is 0 Å². The van der Waals surface area contributed by atoms with Crippen molar-refractivity contribution in [1.82, 2.24) is 15.1 Å². The molecule has 0 radical (unpaired) electrons. The molecule has 1 N–H and O–H groups in total. The molecule has 0 spiro atoms. The highest BCUT2D eigenvalue weighted by molar-refractivity contribution is 5.80. The highest BCUT2D eigenvalue weighted by Gasteiger charge is 2.25. The molecule has 0 aromatic heterocycles. The Labute approximate surface area is 175 Å². The first-order valence-electron chi connectivity index (χ1n) is 10.9. The lowest BCUT2D eigenvalue weighted by Gasteiger charge is -2.38. The molecule has 0 amide bonds. The molecule has 2 aliphatic rings. The highest BCUT2D eigenvalue weighted by Crippen LogP contribution is 2.28. The molecule has 0 aliphatic carbocycles. The Balaban J connectivity index is 1.58. The third kappa shape index (κ3) is 5.76. The van der Waals surface area contributed by atoms with E-state index in [0.29, 0.717) is 6.04 Å². The summed E-state index contributed by atoms with van der Waals surface area (Å²) >= 11 is 0. The molecule has 1 aromatic rings. The number of benzene rings is 1. The van der Waals surface area contributed by atoms with Crippen molar-refractivity contribution in [2.45, 2.75) is 25.8 Å². The zero-order valence-electron chi connectivity index (χ0n) is 18.3. The van der Waals surface area contributed by atoms with Crippen LogP contribution in [0.4, 0.5) is 5.69 Å². The maximum atomic E-state index is 5.54. The van der Waals surface area contributed by atoms with E-state index >= 15 is 0 Å². The smallest absolute Gasteiger partial charge is 0.194 e. The van der Waals surface area contributed by atoms with Gasteiger partial charge in [0.25, 0.3) is 0 Å². The molecule has 2 aliphatic heterocycles. The maximum Gasteiger partial charge on any atom is 0.194 e. The van der Waals surface area contributed by atoms with E-state index in [2.05, 4.69) is 39.1 Å². The zero-order chi connectivity index (χ0) is 20.5. The predicted molar refractivity (Wildman–Crippen MR) is 119 cm³/mol. The topological polar surface area (TPSA) is 52.6 Å². The summed E-state index contributed by atoms with van der Waals surface area (Å²) in [4.78, 5) is 12.3. The van der Waals surface area contributed by atoms with Crippen LogP contribution in [0.15, 0.2) is 29.3 Å². The second kappa shape index (κ2) is 11.3. The van der Waals surface area contributed by atoms with Gasteiger partial charge in [-0.2, -0.15) is 0 Å². The lowest BCUT2D eigenvalue weighted by Crippen LogP contribution is -2.53. The average molecular weight is 404 g/mol. The molecule has 162 valence electrons. The molecule has 2 saturated heterocycles. The standard InChI is InChI=1S/C22H37N5O2/c1-4-23-22(24-18-19-8-7-11-25(19)16-17-28-2)27-14-12-26(13-15-27)20-9-5-6-10-21(20)29-3/h5-6,9-10,19H,4,7-8,11-18H2,1-3H3,(H,23,24). The average Bonchev–Trinajstić information content (AvgIpc) is 3.22. The minimum absolute atomic E-state index is 0.536. The summed E-state index contributed by atoms with van der Waals surface area (Å²) < 4.78 is 10.8. The monoisotopic (exact) mass is 403 g/mol. The number of rotatable bonds is 8. The van der Waals surface area contributed by atoms with Gasteiger partial charge in [-0.3, -0.25) is 9.89 Å². The molecule has 1 aromatic carbocycles. The van der Waals surface area contributed by atoms with Crippen molar-refractivity contribution in [1.29, 1.82) is 0 Å². The van der Waals surface area contributed by atoms with E-state index in [0.717, 1.165) is 70.7 Å². The summed E-state index contributed by atoms with van der Waals surface area (Å²) in [6.45, 7) is 10.7. The second-order valence-corrected chi connectivity index (χ2v) is 7.67. The molecule has 7 heteroatoms. The number of piperazine rings is 1. The highest BCUT2D eigenvalue weighted by atomic mass is 16.5. The number of para-hydroxylation sites is 2. The summed E-state index contributed by atoms with van der Waals surface area (Å²) in [6.07, 6.45) is 2.49. The van der Waals surface area contributed by atoms with Gasteiger partial charge in [-0.15, -0.1) is 0 Å². The van der Waals surface area contributed by atoms with Crippen LogP contribution < -0.4 is 15.0 Å². The Morgan fingerprint density at radius 2 is 1.93 bits per heavy atom. The van der Waals surface area contributed by atoms with E-state index in [1.54, 1.807) is 14.2 Å². The van der Waals surface area contributed by atoms with Crippen LogP contribution in [-0.2, 0) is 4.74 Å². The molecular formula is C22H37N5O2. The molecule has 29 heavy (non-hydrogen) atoms. The van der Waals surface area contributed by atoms with Gasteiger partial charge in [0.2, 0.25) is 0 Å². The van der Waals surface area contributed by atoms with E-state index < -0.39 is 0 Å². The van der Waals surface area contributed by atoms with E-state index in [1.165, 1.54) is 18.5 Å². The predicted octanol–water partition coefficient (Wildman–Crippen LogP) is 1.89. The summed E-state index contributed by atoms with van der Waals surface area (Å²) in [6, 6.07) is 8.81. The SMILES string of the molecule is CCNC(=NCC1CCCN1CCOC)N1CCN(c2ccccc2OC)CC1. The number of likely N-dealkylation sites (tertiary alicyclic amines) is 1. The van der Waals surface area contributed by atoms with Crippen molar-refractivity contribution in [3.63, 3.8) is 0 Å². The van der Waals surface area contributed by atoms with E-state index in [-0.39, 0.29) is 0 Å². The van der Waals surface area contributed by atoms with Crippen LogP contribution in [0, 0.1) is 0 Å². The molecule has 2 heterocycles. The van der Waals surface area contributed by atoms with Crippen molar-refractivity contribution in [3.05, 3.63) is 24.3 Å². The fraction of sp³-hybridized carbons (Fsp3) is 0.682. The molecule has 2 fully saturated rings. The molecule has 0 bridgehead atoms. The van der Waals surface area contributed by atoms with Crippen LogP contribution in [-0.4, -0.2) is 95.0 Å². The number of methoxy groups -OCH3 is 2. The van der Waals surface area contributed by atoms with Crippen molar-refractivity contribution < 1.29 is 9.47 Å². The van der Waals surface area contributed by atoms with Gasteiger partial charge in [-0.1, -0.05) is 12.1 Å². The minimum Gasteiger partial charge on any atom is -0.495 e. The first kappa shape index (κ1) is 21.7.